The Bertz CT molecular complexity index is 749. The molecule has 1 amide bonds. The van der Waals surface area contributed by atoms with Crippen LogP contribution in [0.1, 0.15) is 11.1 Å². The smallest absolute Gasteiger partial charge is 0.262 e. The Balaban J connectivity index is 2.14. The molecule has 110 valence electrons. The van der Waals surface area contributed by atoms with Gasteiger partial charge in [0.1, 0.15) is 23.3 Å². The molecule has 2 rings (SSSR count). The number of amides is 1. The van der Waals surface area contributed by atoms with Crippen LogP contribution in [0.3, 0.4) is 0 Å². The highest BCUT2D eigenvalue weighted by Crippen LogP contribution is 2.14. The van der Waals surface area contributed by atoms with E-state index in [1.165, 1.54) is 0 Å². The molecular weight excluding hydrogens is 286 g/mol. The van der Waals surface area contributed by atoms with Crippen molar-refractivity contribution in [3.8, 4) is 6.07 Å². The molecule has 0 saturated heterocycles. The summed E-state index contributed by atoms with van der Waals surface area (Å²) in [5.41, 5.74) is 0.428. The molecule has 0 aliphatic carbocycles. The quantitative estimate of drug-likeness (QED) is 0.696. The van der Waals surface area contributed by atoms with Gasteiger partial charge in [0.2, 0.25) is 0 Å². The largest absolute Gasteiger partial charge is 0.347 e. The number of carbonyl (C=O) groups excluding carboxylic acids is 1. The minimum absolute atomic E-state index is 0.147. The van der Waals surface area contributed by atoms with Crippen molar-refractivity contribution in [2.24, 2.45) is 0 Å². The van der Waals surface area contributed by atoms with Crippen molar-refractivity contribution in [2.75, 3.05) is 0 Å². The number of nitrogens with one attached hydrogen (secondary N) is 1. The fourth-order valence-corrected chi connectivity index (χ4v) is 1.80. The summed E-state index contributed by atoms with van der Waals surface area (Å²) in [5, 5.41) is 11.6. The van der Waals surface area contributed by atoms with Crippen molar-refractivity contribution < 1.29 is 13.6 Å². The molecule has 1 N–H and O–H groups in total. The zero-order valence-electron chi connectivity index (χ0n) is 11.5. The van der Waals surface area contributed by atoms with Crippen LogP contribution >= 0.6 is 0 Å². The number of hydrogen-bond acceptors (Lipinski definition) is 2. The topological polar surface area (TPSA) is 52.9 Å². The molecule has 0 radical (unpaired) electrons. The highest BCUT2D eigenvalue weighted by molar-refractivity contribution is 6.01. The van der Waals surface area contributed by atoms with Gasteiger partial charge >= 0.3 is 0 Å². The van der Waals surface area contributed by atoms with Gasteiger partial charge in [-0.1, -0.05) is 30.3 Å². The number of rotatable bonds is 4. The molecule has 2 aromatic rings. The molecular formula is C17H12F2N2O. The van der Waals surface area contributed by atoms with Gasteiger partial charge in [0, 0.05) is 12.1 Å². The van der Waals surface area contributed by atoms with Crippen molar-refractivity contribution in [3.63, 3.8) is 0 Å². The predicted molar refractivity (Wildman–Crippen MR) is 78.2 cm³/mol. The van der Waals surface area contributed by atoms with E-state index in [1.807, 2.05) is 30.3 Å². The molecule has 0 aliphatic rings. The third kappa shape index (κ3) is 4.00. The maximum atomic E-state index is 13.5. The second kappa shape index (κ2) is 7.14. The zero-order valence-corrected chi connectivity index (χ0v) is 11.5. The van der Waals surface area contributed by atoms with Crippen LogP contribution in [0.25, 0.3) is 6.08 Å². The maximum Gasteiger partial charge on any atom is 0.262 e. The lowest BCUT2D eigenvalue weighted by molar-refractivity contribution is -0.117. The van der Waals surface area contributed by atoms with Crippen molar-refractivity contribution in [3.05, 3.63) is 76.9 Å². The average molecular weight is 298 g/mol. The summed E-state index contributed by atoms with van der Waals surface area (Å²) in [6, 6.07) is 13.7. The molecule has 0 bridgehead atoms. The summed E-state index contributed by atoms with van der Waals surface area (Å²) in [5.74, 6) is -1.99. The molecule has 0 fully saturated rings. The first-order chi connectivity index (χ1) is 10.6. The molecule has 3 nitrogen and oxygen atoms in total. The minimum Gasteiger partial charge on any atom is -0.347 e. The number of nitrogens with zero attached hydrogens (tertiary/aromatic N) is 1. The van der Waals surface area contributed by atoms with Gasteiger partial charge in [-0.3, -0.25) is 4.79 Å². The van der Waals surface area contributed by atoms with Crippen molar-refractivity contribution >= 4 is 12.0 Å². The predicted octanol–water partition coefficient (Wildman–Crippen LogP) is 3.19. The highest BCUT2D eigenvalue weighted by Gasteiger charge is 2.10. The van der Waals surface area contributed by atoms with E-state index < -0.39 is 17.5 Å². The molecule has 0 spiro atoms. The standard InChI is InChI=1S/C17H12F2N2O/c18-15-6-7-16(19)13(9-15)8-14(10-20)17(22)21-11-12-4-2-1-3-5-12/h1-9H,11H2,(H,21,22)/b14-8+. The van der Waals surface area contributed by atoms with Gasteiger partial charge in [-0.15, -0.1) is 0 Å². The Labute approximate surface area is 126 Å². The third-order valence-corrected chi connectivity index (χ3v) is 2.92. The van der Waals surface area contributed by atoms with Crippen LogP contribution in [0.5, 0.6) is 0 Å². The number of nitriles is 1. The lowest BCUT2D eigenvalue weighted by Crippen LogP contribution is -2.23. The first-order valence-corrected chi connectivity index (χ1v) is 6.49. The lowest BCUT2D eigenvalue weighted by atomic mass is 10.1. The van der Waals surface area contributed by atoms with E-state index in [0.717, 1.165) is 29.8 Å². The van der Waals surface area contributed by atoms with Gasteiger partial charge in [-0.25, -0.2) is 8.78 Å². The van der Waals surface area contributed by atoms with E-state index in [-0.39, 0.29) is 17.7 Å². The van der Waals surface area contributed by atoms with Crippen LogP contribution in [0.2, 0.25) is 0 Å². The van der Waals surface area contributed by atoms with Gasteiger partial charge in [-0.2, -0.15) is 5.26 Å². The first kappa shape index (κ1) is 15.4. The molecule has 0 aromatic heterocycles. The summed E-state index contributed by atoms with van der Waals surface area (Å²) in [7, 11) is 0. The van der Waals surface area contributed by atoms with E-state index in [2.05, 4.69) is 5.32 Å². The van der Waals surface area contributed by atoms with Crippen LogP contribution in [0.4, 0.5) is 8.78 Å². The molecule has 22 heavy (non-hydrogen) atoms. The number of benzene rings is 2. The monoisotopic (exact) mass is 298 g/mol. The van der Waals surface area contributed by atoms with Crippen LogP contribution in [-0.2, 0) is 11.3 Å². The second-order valence-electron chi connectivity index (χ2n) is 4.50. The highest BCUT2D eigenvalue weighted by atomic mass is 19.1. The molecule has 0 saturated carbocycles. The second-order valence-corrected chi connectivity index (χ2v) is 4.50. The molecule has 5 heteroatoms. The van der Waals surface area contributed by atoms with Crippen molar-refractivity contribution in [1.82, 2.24) is 5.32 Å². The zero-order chi connectivity index (χ0) is 15.9. The maximum absolute atomic E-state index is 13.5. The Hall–Kier alpha value is -3.00. The van der Waals surface area contributed by atoms with Gasteiger partial charge in [0.05, 0.1) is 0 Å². The molecule has 0 aliphatic heterocycles. The Kier molecular flexibility index (Phi) is 4.99. The fraction of sp³-hybridized carbons (Fsp3) is 0.0588. The van der Waals surface area contributed by atoms with Gasteiger partial charge < -0.3 is 5.32 Å². The summed E-state index contributed by atoms with van der Waals surface area (Å²) in [6.07, 6.45) is 1.03. The summed E-state index contributed by atoms with van der Waals surface area (Å²) >= 11 is 0. The van der Waals surface area contributed by atoms with Gasteiger partial charge in [-0.05, 0) is 29.8 Å². The van der Waals surface area contributed by atoms with E-state index in [1.54, 1.807) is 6.07 Å². The van der Waals surface area contributed by atoms with Crippen molar-refractivity contribution in [2.45, 2.75) is 6.54 Å². The van der Waals surface area contributed by atoms with E-state index >= 15 is 0 Å². The summed E-state index contributed by atoms with van der Waals surface area (Å²) in [6.45, 7) is 0.240. The number of hydrogen-bond donors (Lipinski definition) is 1. The van der Waals surface area contributed by atoms with Crippen LogP contribution in [0, 0.1) is 23.0 Å². The first-order valence-electron chi connectivity index (χ1n) is 6.49. The Morgan fingerprint density at radius 3 is 2.59 bits per heavy atom. The molecule has 0 atom stereocenters. The van der Waals surface area contributed by atoms with Crippen LogP contribution in [0.15, 0.2) is 54.1 Å². The van der Waals surface area contributed by atoms with E-state index in [0.29, 0.717) is 0 Å². The average Bonchev–Trinajstić information content (AvgIpc) is 2.54. The molecule has 2 aromatic carbocycles. The van der Waals surface area contributed by atoms with Gasteiger partial charge in [0.15, 0.2) is 0 Å². The summed E-state index contributed by atoms with van der Waals surface area (Å²) in [4.78, 5) is 11.9. The SMILES string of the molecule is N#C/C(=C\c1cc(F)ccc1F)C(=O)NCc1ccccc1. The van der Waals surface area contributed by atoms with E-state index in [4.69, 9.17) is 5.26 Å². The summed E-state index contributed by atoms with van der Waals surface area (Å²) < 4.78 is 26.6. The number of carbonyl (C=O) groups is 1. The van der Waals surface area contributed by atoms with Gasteiger partial charge in [0.25, 0.3) is 5.91 Å². The number of halogens is 2. The van der Waals surface area contributed by atoms with E-state index in [9.17, 15) is 13.6 Å². The van der Waals surface area contributed by atoms with Crippen LogP contribution in [-0.4, -0.2) is 5.91 Å². The molecule has 0 unspecified atom stereocenters. The normalized spacial score (nSPS) is 10.9. The Morgan fingerprint density at radius 1 is 1.18 bits per heavy atom. The minimum atomic E-state index is -0.704. The third-order valence-electron chi connectivity index (χ3n) is 2.92. The van der Waals surface area contributed by atoms with Crippen LogP contribution < -0.4 is 5.32 Å². The Morgan fingerprint density at radius 2 is 1.91 bits per heavy atom. The van der Waals surface area contributed by atoms with Crippen molar-refractivity contribution in [1.29, 1.82) is 5.26 Å². The lowest BCUT2D eigenvalue weighted by Gasteiger charge is -2.04. The fourth-order valence-electron chi connectivity index (χ4n) is 1.80. The molecule has 0 heterocycles.